The van der Waals surface area contributed by atoms with Crippen LogP contribution in [0.2, 0.25) is 0 Å². The van der Waals surface area contributed by atoms with Crippen molar-refractivity contribution in [3.05, 3.63) is 47.4 Å². The monoisotopic (exact) mass is 193 g/mol. The molecule has 0 bridgehead atoms. The predicted octanol–water partition coefficient (Wildman–Crippen LogP) is 2.84. The van der Waals surface area contributed by atoms with Crippen molar-refractivity contribution >= 4 is 11.3 Å². The van der Waals surface area contributed by atoms with E-state index in [2.05, 4.69) is 4.98 Å². The van der Waals surface area contributed by atoms with Gasteiger partial charge in [-0.25, -0.2) is 0 Å². The van der Waals surface area contributed by atoms with Crippen molar-refractivity contribution in [3.63, 3.8) is 0 Å². The normalized spacial score (nSPS) is 8.38. The molecule has 2 rings (SSSR count). The van der Waals surface area contributed by atoms with E-state index >= 15 is 0 Å². The number of ether oxygens (including phenoxy) is 1. The average molecular weight is 193 g/mol. The van der Waals surface area contributed by atoms with Crippen LogP contribution in [0, 0.1) is 0 Å². The summed E-state index contributed by atoms with van der Waals surface area (Å²) in [5, 5.41) is 1.93. The van der Waals surface area contributed by atoms with E-state index in [-0.39, 0.29) is 0 Å². The molecule has 0 atom stereocenters. The fourth-order valence-electron chi connectivity index (χ4n) is 0.732. The van der Waals surface area contributed by atoms with Crippen molar-refractivity contribution in [2.24, 2.45) is 0 Å². The number of methoxy groups -OCH3 is 1. The van der Waals surface area contributed by atoms with Crippen LogP contribution < -0.4 is 4.74 Å². The maximum Gasteiger partial charge on any atom is 0.118 e. The first kappa shape index (κ1) is 9.74. The molecule has 0 aliphatic heterocycles. The zero-order chi connectivity index (χ0) is 9.36. The van der Waals surface area contributed by atoms with Gasteiger partial charge in [-0.1, -0.05) is 18.2 Å². The van der Waals surface area contributed by atoms with Crippen molar-refractivity contribution in [1.82, 2.24) is 4.98 Å². The Balaban J connectivity index is 0.000000145. The number of thiazole rings is 1. The molecule has 68 valence electrons. The third kappa shape index (κ3) is 4.28. The maximum atomic E-state index is 4.91. The lowest BCUT2D eigenvalue weighted by Crippen LogP contribution is -1.78. The topological polar surface area (TPSA) is 22.1 Å². The minimum Gasteiger partial charge on any atom is -0.497 e. The molecule has 3 heteroatoms. The van der Waals surface area contributed by atoms with Crippen LogP contribution >= 0.6 is 11.3 Å². The van der Waals surface area contributed by atoms with E-state index in [1.165, 1.54) is 0 Å². The first-order chi connectivity index (χ1) is 6.43. The van der Waals surface area contributed by atoms with Gasteiger partial charge in [0.05, 0.1) is 12.6 Å². The van der Waals surface area contributed by atoms with Crippen LogP contribution in [0.4, 0.5) is 0 Å². The first-order valence-corrected chi connectivity index (χ1v) is 4.79. The summed E-state index contributed by atoms with van der Waals surface area (Å²) in [5.74, 6) is 0.910. The molecule has 13 heavy (non-hydrogen) atoms. The van der Waals surface area contributed by atoms with E-state index in [9.17, 15) is 0 Å². The summed E-state index contributed by atoms with van der Waals surface area (Å²) in [6.45, 7) is 0. The van der Waals surface area contributed by atoms with Gasteiger partial charge in [-0.2, -0.15) is 0 Å². The first-order valence-electron chi connectivity index (χ1n) is 3.84. The Labute approximate surface area is 81.8 Å². The van der Waals surface area contributed by atoms with E-state index < -0.39 is 0 Å². The standard InChI is InChI=1S/C7H8O.C3H3NS/c1-8-7-5-3-2-4-6-7;1-2-5-3-4-1/h2-6H,1H3;1-3H. The average Bonchev–Trinajstić information content (AvgIpc) is 2.77. The van der Waals surface area contributed by atoms with Crippen LogP contribution in [0.1, 0.15) is 0 Å². The zero-order valence-corrected chi connectivity index (χ0v) is 8.20. The molecule has 0 spiro atoms. The largest absolute Gasteiger partial charge is 0.497 e. The SMILES string of the molecule is COc1ccccc1.c1cscn1. The summed E-state index contributed by atoms with van der Waals surface area (Å²) < 4.78 is 4.91. The van der Waals surface area contributed by atoms with Crippen molar-refractivity contribution in [1.29, 1.82) is 0 Å². The van der Waals surface area contributed by atoms with E-state index in [0.29, 0.717) is 0 Å². The number of para-hydroxylation sites is 1. The molecule has 0 unspecified atom stereocenters. The number of aromatic nitrogens is 1. The highest BCUT2D eigenvalue weighted by Gasteiger charge is 1.80. The molecule has 0 N–H and O–H groups in total. The lowest BCUT2D eigenvalue weighted by Gasteiger charge is -1.93. The van der Waals surface area contributed by atoms with E-state index in [1.54, 1.807) is 30.2 Å². The van der Waals surface area contributed by atoms with Gasteiger partial charge >= 0.3 is 0 Å². The van der Waals surface area contributed by atoms with Crippen LogP contribution in [0.3, 0.4) is 0 Å². The minimum absolute atomic E-state index is 0.910. The molecule has 0 radical (unpaired) electrons. The van der Waals surface area contributed by atoms with Gasteiger partial charge in [-0.05, 0) is 12.1 Å². The van der Waals surface area contributed by atoms with E-state index in [0.717, 1.165) is 5.75 Å². The Kier molecular flexibility index (Phi) is 4.64. The van der Waals surface area contributed by atoms with Gasteiger partial charge in [-0.15, -0.1) is 11.3 Å². The molecule has 0 aliphatic carbocycles. The van der Waals surface area contributed by atoms with Crippen molar-refractivity contribution in [2.45, 2.75) is 0 Å². The molecule has 2 aromatic rings. The zero-order valence-electron chi connectivity index (χ0n) is 7.38. The van der Waals surface area contributed by atoms with Gasteiger partial charge in [0.25, 0.3) is 0 Å². The Morgan fingerprint density at radius 2 is 2.00 bits per heavy atom. The quantitative estimate of drug-likeness (QED) is 0.694. The highest BCUT2D eigenvalue weighted by Crippen LogP contribution is 2.05. The minimum atomic E-state index is 0.910. The molecule has 1 aromatic heterocycles. The Hall–Kier alpha value is -1.35. The number of rotatable bonds is 1. The predicted molar refractivity (Wildman–Crippen MR) is 55.1 cm³/mol. The number of benzene rings is 1. The lowest BCUT2D eigenvalue weighted by atomic mass is 10.3. The third-order valence-corrected chi connectivity index (χ3v) is 1.85. The number of hydrogen-bond acceptors (Lipinski definition) is 3. The highest BCUT2D eigenvalue weighted by atomic mass is 32.1. The second-order valence-corrected chi connectivity index (χ2v) is 2.95. The van der Waals surface area contributed by atoms with E-state index in [4.69, 9.17) is 4.74 Å². The van der Waals surface area contributed by atoms with Gasteiger partial charge in [0, 0.05) is 11.6 Å². The van der Waals surface area contributed by atoms with Gasteiger partial charge in [0.15, 0.2) is 0 Å². The molecule has 0 fully saturated rings. The molecule has 1 heterocycles. The maximum absolute atomic E-state index is 4.91. The van der Waals surface area contributed by atoms with Gasteiger partial charge < -0.3 is 4.74 Å². The van der Waals surface area contributed by atoms with E-state index in [1.807, 2.05) is 35.7 Å². The number of nitrogens with zero attached hydrogens (tertiary/aromatic N) is 1. The summed E-state index contributed by atoms with van der Waals surface area (Å²) in [4.78, 5) is 3.74. The molecule has 0 saturated carbocycles. The Bertz CT molecular complexity index is 277. The molecule has 2 nitrogen and oxygen atoms in total. The summed E-state index contributed by atoms with van der Waals surface area (Å²) in [5.41, 5.74) is 1.79. The molecule has 1 aromatic carbocycles. The molecule has 0 amide bonds. The van der Waals surface area contributed by atoms with Crippen LogP contribution in [-0.4, -0.2) is 12.1 Å². The van der Waals surface area contributed by atoms with Crippen LogP contribution in [0.15, 0.2) is 47.4 Å². The van der Waals surface area contributed by atoms with Crippen molar-refractivity contribution < 1.29 is 4.74 Å². The fourth-order valence-corrected chi connectivity index (χ4v) is 1.08. The molecule has 0 saturated heterocycles. The van der Waals surface area contributed by atoms with Crippen LogP contribution in [-0.2, 0) is 0 Å². The summed E-state index contributed by atoms with van der Waals surface area (Å²) in [7, 11) is 1.66. The van der Waals surface area contributed by atoms with Gasteiger partial charge in [-0.3, -0.25) is 4.98 Å². The molecular formula is C10H11NOS. The second kappa shape index (κ2) is 6.20. The number of hydrogen-bond donors (Lipinski definition) is 0. The van der Waals surface area contributed by atoms with Gasteiger partial charge in [0.1, 0.15) is 5.75 Å². The summed E-state index contributed by atoms with van der Waals surface area (Å²) in [6.07, 6.45) is 1.77. The third-order valence-electron chi connectivity index (χ3n) is 1.33. The summed E-state index contributed by atoms with van der Waals surface area (Å²) >= 11 is 1.60. The van der Waals surface area contributed by atoms with Crippen molar-refractivity contribution in [3.8, 4) is 5.75 Å². The molecular weight excluding hydrogens is 182 g/mol. The Morgan fingerprint density at radius 1 is 1.23 bits per heavy atom. The second-order valence-electron chi connectivity index (χ2n) is 2.19. The lowest BCUT2D eigenvalue weighted by molar-refractivity contribution is 0.415. The van der Waals surface area contributed by atoms with Crippen molar-refractivity contribution in [2.75, 3.05) is 7.11 Å². The smallest absolute Gasteiger partial charge is 0.118 e. The molecule has 0 aliphatic rings. The van der Waals surface area contributed by atoms with Gasteiger partial charge in [0.2, 0.25) is 0 Å². The fraction of sp³-hybridized carbons (Fsp3) is 0.100. The highest BCUT2D eigenvalue weighted by molar-refractivity contribution is 7.07. The van der Waals surface area contributed by atoms with Crippen LogP contribution in [0.25, 0.3) is 0 Å². The Morgan fingerprint density at radius 3 is 2.31 bits per heavy atom. The summed E-state index contributed by atoms with van der Waals surface area (Å²) in [6, 6.07) is 9.68. The van der Waals surface area contributed by atoms with Crippen LogP contribution in [0.5, 0.6) is 5.75 Å².